The quantitative estimate of drug-likeness (QED) is 0.392. The molecule has 1 aliphatic heterocycles. The van der Waals surface area contributed by atoms with Gasteiger partial charge in [0.25, 0.3) is 0 Å². The molecule has 0 aromatic rings. The Bertz CT molecular complexity index is 337. The molecule has 1 saturated heterocycles. The van der Waals surface area contributed by atoms with E-state index in [0.717, 1.165) is 19.4 Å². The van der Waals surface area contributed by atoms with Crippen LogP contribution in [-0.2, 0) is 9.16 Å². The van der Waals surface area contributed by atoms with Crippen molar-refractivity contribution < 1.29 is 9.16 Å². The van der Waals surface area contributed by atoms with Gasteiger partial charge in [-0.25, -0.2) is 0 Å². The summed E-state index contributed by atoms with van der Waals surface area (Å²) in [7, 11) is -1.60. The molecule has 112 valence electrons. The molecule has 19 heavy (non-hydrogen) atoms. The average Bonchev–Trinajstić information content (AvgIpc) is 2.81. The van der Waals surface area contributed by atoms with E-state index in [1.165, 1.54) is 5.57 Å². The lowest BCUT2D eigenvalue weighted by molar-refractivity contribution is 0.319. The van der Waals surface area contributed by atoms with Crippen LogP contribution in [0.25, 0.3) is 0 Å². The predicted octanol–water partition coefficient (Wildman–Crippen LogP) is 4.91. The van der Waals surface area contributed by atoms with Crippen LogP contribution >= 0.6 is 0 Å². The second kappa shape index (κ2) is 5.70. The summed E-state index contributed by atoms with van der Waals surface area (Å²) in [6.45, 7) is 18.7. The Hall–Kier alpha value is -0.123. The van der Waals surface area contributed by atoms with Crippen LogP contribution in [0.3, 0.4) is 0 Å². The first-order valence-electron chi connectivity index (χ1n) is 7.43. The smallest absolute Gasteiger partial charge is 0.192 e. The fraction of sp³-hybridized carbons (Fsp3) is 0.875. The normalized spacial score (nSPS) is 23.6. The van der Waals surface area contributed by atoms with E-state index >= 15 is 0 Å². The van der Waals surface area contributed by atoms with Crippen LogP contribution < -0.4 is 0 Å². The molecule has 0 N–H and O–H groups in total. The summed E-state index contributed by atoms with van der Waals surface area (Å²) >= 11 is 0. The molecule has 1 fully saturated rings. The van der Waals surface area contributed by atoms with Gasteiger partial charge in [0.15, 0.2) is 8.32 Å². The standard InChI is InChI=1S/C16H32O2Si/c1-13(9-10-14-16(5,6)18-14)11-12-17-19(7,8)15(2,3)4/h11,14H,9-10,12H2,1-8H3/b13-11-/t14-/m1/s1. The first-order chi connectivity index (χ1) is 8.46. The highest BCUT2D eigenvalue weighted by Crippen LogP contribution is 2.39. The van der Waals surface area contributed by atoms with Gasteiger partial charge in [0.05, 0.1) is 18.3 Å². The Labute approximate surface area is 120 Å². The summed E-state index contributed by atoms with van der Waals surface area (Å²) in [6, 6.07) is 0. The van der Waals surface area contributed by atoms with Crippen molar-refractivity contribution in [2.75, 3.05) is 6.61 Å². The van der Waals surface area contributed by atoms with Gasteiger partial charge in [-0.15, -0.1) is 0 Å². The molecule has 0 amide bonds. The van der Waals surface area contributed by atoms with Gasteiger partial charge in [0.2, 0.25) is 0 Å². The third-order valence-electron chi connectivity index (χ3n) is 4.65. The predicted molar refractivity (Wildman–Crippen MR) is 85.1 cm³/mol. The fourth-order valence-electron chi connectivity index (χ4n) is 1.81. The number of epoxide rings is 1. The van der Waals surface area contributed by atoms with Crippen molar-refractivity contribution in [1.82, 2.24) is 0 Å². The minimum absolute atomic E-state index is 0.123. The molecule has 1 aliphatic rings. The summed E-state index contributed by atoms with van der Waals surface area (Å²) in [5.74, 6) is 0. The maximum absolute atomic E-state index is 6.16. The van der Waals surface area contributed by atoms with Crippen LogP contribution in [-0.4, -0.2) is 26.6 Å². The third kappa shape index (κ3) is 5.05. The van der Waals surface area contributed by atoms with E-state index in [9.17, 15) is 0 Å². The molecule has 0 bridgehead atoms. The number of allylic oxidation sites excluding steroid dienone is 1. The lowest BCUT2D eigenvalue weighted by atomic mass is 10.0. The van der Waals surface area contributed by atoms with Crippen LogP contribution in [0.2, 0.25) is 18.1 Å². The topological polar surface area (TPSA) is 21.8 Å². The minimum atomic E-state index is -1.60. The molecule has 2 nitrogen and oxygen atoms in total. The molecule has 0 aliphatic carbocycles. The molecule has 0 aromatic carbocycles. The van der Waals surface area contributed by atoms with Gasteiger partial charge in [-0.1, -0.05) is 32.4 Å². The van der Waals surface area contributed by atoms with E-state index in [-0.39, 0.29) is 5.60 Å². The van der Waals surface area contributed by atoms with Crippen LogP contribution in [0.5, 0.6) is 0 Å². The zero-order valence-electron chi connectivity index (χ0n) is 14.1. The van der Waals surface area contributed by atoms with E-state index in [0.29, 0.717) is 11.1 Å². The van der Waals surface area contributed by atoms with Crippen molar-refractivity contribution in [3.8, 4) is 0 Å². The van der Waals surface area contributed by atoms with E-state index in [2.05, 4.69) is 60.7 Å². The lowest BCUT2D eigenvalue weighted by Gasteiger charge is -2.35. The number of ether oxygens (including phenoxy) is 1. The van der Waals surface area contributed by atoms with E-state index in [1.807, 2.05) is 0 Å². The summed E-state index contributed by atoms with van der Waals surface area (Å²) in [6.07, 6.45) is 4.96. The van der Waals surface area contributed by atoms with E-state index < -0.39 is 8.32 Å². The zero-order chi connectivity index (χ0) is 14.9. The molecular formula is C16H32O2Si. The highest BCUT2D eigenvalue weighted by molar-refractivity contribution is 6.74. The molecule has 0 spiro atoms. The molecule has 0 radical (unpaired) electrons. The van der Waals surface area contributed by atoms with Crippen LogP contribution in [0.1, 0.15) is 54.4 Å². The maximum atomic E-state index is 6.16. The highest BCUT2D eigenvalue weighted by Gasteiger charge is 2.46. The van der Waals surface area contributed by atoms with Crippen molar-refractivity contribution in [3.63, 3.8) is 0 Å². The van der Waals surface area contributed by atoms with Gasteiger partial charge in [-0.2, -0.15) is 0 Å². The monoisotopic (exact) mass is 284 g/mol. The summed E-state index contributed by atoms with van der Waals surface area (Å²) < 4.78 is 11.8. The SMILES string of the molecule is C/C(=C/CO[Si](C)(C)C(C)(C)C)CC[C@H]1OC1(C)C. The van der Waals surface area contributed by atoms with Gasteiger partial charge in [-0.3, -0.25) is 0 Å². The lowest BCUT2D eigenvalue weighted by Crippen LogP contribution is -2.40. The van der Waals surface area contributed by atoms with Crippen LogP contribution in [0.4, 0.5) is 0 Å². The molecule has 0 unspecified atom stereocenters. The van der Waals surface area contributed by atoms with Crippen molar-refractivity contribution >= 4 is 8.32 Å². The Morgan fingerprint density at radius 2 is 1.84 bits per heavy atom. The molecule has 1 heterocycles. The number of hydrogen-bond acceptors (Lipinski definition) is 2. The fourth-order valence-corrected chi connectivity index (χ4v) is 2.74. The largest absolute Gasteiger partial charge is 0.413 e. The van der Waals surface area contributed by atoms with Gasteiger partial charge in [0, 0.05) is 0 Å². The Morgan fingerprint density at radius 3 is 2.26 bits per heavy atom. The third-order valence-corrected chi connectivity index (χ3v) is 9.15. The first kappa shape index (κ1) is 16.9. The van der Waals surface area contributed by atoms with E-state index in [4.69, 9.17) is 9.16 Å². The van der Waals surface area contributed by atoms with Crippen LogP contribution in [0, 0.1) is 0 Å². The molecule has 1 atom stereocenters. The molecule has 1 rings (SSSR count). The first-order valence-corrected chi connectivity index (χ1v) is 10.3. The summed E-state index contributed by atoms with van der Waals surface area (Å²) in [4.78, 5) is 0. The zero-order valence-corrected chi connectivity index (χ0v) is 15.1. The summed E-state index contributed by atoms with van der Waals surface area (Å²) in [5, 5.41) is 0.292. The Kier molecular flexibility index (Phi) is 5.08. The maximum Gasteiger partial charge on any atom is 0.192 e. The van der Waals surface area contributed by atoms with Gasteiger partial charge in [0.1, 0.15) is 0 Å². The second-order valence-corrected chi connectivity index (χ2v) is 12.7. The van der Waals surface area contributed by atoms with Crippen molar-refractivity contribution in [1.29, 1.82) is 0 Å². The van der Waals surface area contributed by atoms with Gasteiger partial charge >= 0.3 is 0 Å². The highest BCUT2D eigenvalue weighted by atomic mass is 28.4. The Morgan fingerprint density at radius 1 is 1.32 bits per heavy atom. The average molecular weight is 285 g/mol. The molecule has 3 heteroatoms. The second-order valence-electron chi connectivity index (χ2n) is 7.87. The molecular weight excluding hydrogens is 252 g/mol. The minimum Gasteiger partial charge on any atom is -0.413 e. The van der Waals surface area contributed by atoms with Gasteiger partial charge < -0.3 is 9.16 Å². The van der Waals surface area contributed by atoms with Crippen molar-refractivity contribution in [2.45, 2.75) is 84.2 Å². The number of hydrogen-bond donors (Lipinski definition) is 0. The van der Waals surface area contributed by atoms with Crippen molar-refractivity contribution in [3.05, 3.63) is 11.6 Å². The summed E-state index contributed by atoms with van der Waals surface area (Å²) in [5.41, 5.74) is 1.54. The number of rotatable bonds is 6. The van der Waals surface area contributed by atoms with Gasteiger partial charge in [-0.05, 0) is 51.7 Å². The van der Waals surface area contributed by atoms with Crippen molar-refractivity contribution in [2.24, 2.45) is 0 Å². The molecule has 0 saturated carbocycles. The molecule has 0 aromatic heterocycles. The van der Waals surface area contributed by atoms with Crippen LogP contribution in [0.15, 0.2) is 11.6 Å². The van der Waals surface area contributed by atoms with E-state index in [1.54, 1.807) is 0 Å². The Balaban J connectivity index is 2.29.